The fraction of sp³-hybridized carbons (Fsp3) is 0.950. The molecule has 0 bridgehead atoms. The number of ether oxygens (including phenoxy) is 4. The number of rotatable bonds is 78. The van der Waals surface area contributed by atoms with Gasteiger partial charge in [0.05, 0.1) is 26.4 Å². The Bertz CT molecular complexity index is 1920. The molecule has 0 saturated carbocycles. The molecule has 0 rings (SSSR count). The van der Waals surface area contributed by atoms with E-state index in [4.69, 9.17) is 37.0 Å². The molecule has 0 heterocycles. The van der Waals surface area contributed by atoms with Crippen LogP contribution in [0.5, 0.6) is 0 Å². The molecule has 0 aliphatic heterocycles. The first-order valence-electron chi connectivity index (χ1n) is 41.3. The van der Waals surface area contributed by atoms with Crippen molar-refractivity contribution in [1.29, 1.82) is 0 Å². The standard InChI is InChI=1S/C80H156O17P2/c1-8-9-10-11-12-13-14-27-33-42-49-56-63-79(84)97-76(68-91-78(83)62-55-48-41-36-35-39-46-53-60-73(6)7)70-95-99(88,89)93-66-74(81)65-92-98(86,87)94-69-75(96-80(85)64-57-50-43-34-29-24-20-16-18-22-26-31-38-45-52-59-72(4)5)67-90-77(82)61-54-47-40-32-28-23-19-15-17-21-25-30-37-44-51-58-71(2)3/h71-76,81H,8-70H2,1-7H3,(H,86,87)(H,88,89)/t74-,75-,76-/m1/s1. The number of hydrogen-bond donors (Lipinski definition) is 3. The number of phosphoric ester groups is 2. The fourth-order valence-corrected chi connectivity index (χ4v) is 13.9. The van der Waals surface area contributed by atoms with E-state index in [9.17, 15) is 43.2 Å². The van der Waals surface area contributed by atoms with Gasteiger partial charge in [-0.05, 0) is 43.4 Å². The van der Waals surface area contributed by atoms with E-state index in [1.807, 2.05) is 0 Å². The molecular weight excluding hydrogens is 1290 g/mol. The molecule has 0 aromatic heterocycles. The molecule has 0 aromatic carbocycles. The van der Waals surface area contributed by atoms with Crippen molar-refractivity contribution in [3.05, 3.63) is 0 Å². The second-order valence-corrected chi connectivity index (χ2v) is 33.1. The van der Waals surface area contributed by atoms with Gasteiger partial charge in [-0.1, -0.05) is 363 Å². The first-order valence-corrected chi connectivity index (χ1v) is 44.3. The molecule has 5 atom stereocenters. The minimum absolute atomic E-state index is 0.107. The van der Waals surface area contributed by atoms with Gasteiger partial charge in [-0.2, -0.15) is 0 Å². The summed E-state index contributed by atoms with van der Waals surface area (Å²) < 4.78 is 68.7. The number of unbranched alkanes of at least 4 members (excludes halogenated alkanes) is 46. The number of aliphatic hydroxyl groups excluding tert-OH is 1. The zero-order chi connectivity index (χ0) is 73.0. The molecule has 2 unspecified atom stereocenters. The molecule has 0 aliphatic rings. The second kappa shape index (κ2) is 70.4. The molecule has 0 aliphatic carbocycles. The molecule has 17 nitrogen and oxygen atoms in total. The topological polar surface area (TPSA) is 237 Å². The Morgan fingerprint density at radius 2 is 0.465 bits per heavy atom. The zero-order valence-corrected chi connectivity index (χ0v) is 66.8. The maximum atomic E-state index is 13.1. The highest BCUT2D eigenvalue weighted by atomic mass is 31.2. The zero-order valence-electron chi connectivity index (χ0n) is 65.0. The lowest BCUT2D eigenvalue weighted by atomic mass is 10.0. The minimum atomic E-state index is -4.96. The third-order valence-electron chi connectivity index (χ3n) is 18.6. The summed E-state index contributed by atoms with van der Waals surface area (Å²) in [5.41, 5.74) is 0. The van der Waals surface area contributed by atoms with E-state index in [2.05, 4.69) is 48.5 Å². The van der Waals surface area contributed by atoms with E-state index in [1.165, 1.54) is 225 Å². The van der Waals surface area contributed by atoms with E-state index >= 15 is 0 Å². The van der Waals surface area contributed by atoms with Crippen LogP contribution in [0, 0.1) is 17.8 Å². The Kier molecular flexibility index (Phi) is 69.0. The monoisotopic (exact) mass is 1450 g/mol. The lowest BCUT2D eigenvalue weighted by molar-refractivity contribution is -0.161. The van der Waals surface area contributed by atoms with E-state index < -0.39 is 97.5 Å². The van der Waals surface area contributed by atoms with E-state index in [-0.39, 0.29) is 25.7 Å². The van der Waals surface area contributed by atoms with Gasteiger partial charge in [0.25, 0.3) is 0 Å². The van der Waals surface area contributed by atoms with Gasteiger partial charge in [-0.15, -0.1) is 0 Å². The number of hydrogen-bond acceptors (Lipinski definition) is 15. The highest BCUT2D eigenvalue weighted by molar-refractivity contribution is 7.47. The summed E-state index contributed by atoms with van der Waals surface area (Å²) in [5.74, 6) is 0.224. The van der Waals surface area contributed by atoms with Crippen LogP contribution in [0.4, 0.5) is 0 Å². The normalized spacial score (nSPS) is 14.0. The van der Waals surface area contributed by atoms with Crippen LogP contribution < -0.4 is 0 Å². The van der Waals surface area contributed by atoms with Gasteiger partial charge in [0.1, 0.15) is 19.3 Å². The summed E-state index contributed by atoms with van der Waals surface area (Å²) in [5, 5.41) is 10.6. The van der Waals surface area contributed by atoms with Gasteiger partial charge < -0.3 is 33.8 Å². The van der Waals surface area contributed by atoms with Crippen LogP contribution in [0.3, 0.4) is 0 Å². The van der Waals surface area contributed by atoms with Crippen LogP contribution in [-0.2, 0) is 65.4 Å². The Balaban J connectivity index is 5.24. The molecule has 0 amide bonds. The highest BCUT2D eigenvalue weighted by Crippen LogP contribution is 2.45. The lowest BCUT2D eigenvalue weighted by Crippen LogP contribution is -2.30. The maximum absolute atomic E-state index is 13.1. The molecule has 0 fully saturated rings. The van der Waals surface area contributed by atoms with Crippen molar-refractivity contribution in [2.45, 2.75) is 433 Å². The van der Waals surface area contributed by atoms with Crippen LogP contribution in [0.2, 0.25) is 0 Å². The summed E-state index contributed by atoms with van der Waals surface area (Å²) >= 11 is 0. The summed E-state index contributed by atoms with van der Waals surface area (Å²) in [6.45, 7) is 12.0. The molecular formula is C80H156O17P2. The van der Waals surface area contributed by atoms with Gasteiger partial charge in [-0.25, -0.2) is 9.13 Å². The van der Waals surface area contributed by atoms with Crippen molar-refractivity contribution in [2.24, 2.45) is 17.8 Å². The third-order valence-corrected chi connectivity index (χ3v) is 20.5. The highest BCUT2D eigenvalue weighted by Gasteiger charge is 2.30. The number of esters is 4. The van der Waals surface area contributed by atoms with Gasteiger partial charge in [0.15, 0.2) is 12.2 Å². The summed E-state index contributed by atoms with van der Waals surface area (Å²) in [6, 6.07) is 0. The quantitative estimate of drug-likeness (QED) is 0.0222. The number of aliphatic hydroxyl groups is 1. The van der Waals surface area contributed by atoms with Crippen molar-refractivity contribution in [1.82, 2.24) is 0 Å². The number of phosphoric acid groups is 2. The molecule has 588 valence electrons. The van der Waals surface area contributed by atoms with Crippen molar-refractivity contribution >= 4 is 39.5 Å². The van der Waals surface area contributed by atoms with Gasteiger partial charge in [0.2, 0.25) is 0 Å². The van der Waals surface area contributed by atoms with Crippen LogP contribution in [0.15, 0.2) is 0 Å². The number of carbonyl (C=O) groups excluding carboxylic acids is 4. The Hall–Kier alpha value is -1.94. The van der Waals surface area contributed by atoms with Crippen molar-refractivity contribution < 1.29 is 80.2 Å². The predicted octanol–water partition coefficient (Wildman–Crippen LogP) is 23.7. The van der Waals surface area contributed by atoms with E-state index in [1.54, 1.807) is 0 Å². The maximum Gasteiger partial charge on any atom is 0.472 e. The van der Waals surface area contributed by atoms with Crippen molar-refractivity contribution in [2.75, 3.05) is 39.6 Å². The largest absolute Gasteiger partial charge is 0.472 e. The van der Waals surface area contributed by atoms with Crippen LogP contribution in [-0.4, -0.2) is 96.7 Å². The predicted molar refractivity (Wildman–Crippen MR) is 405 cm³/mol. The molecule has 3 N–H and O–H groups in total. The second-order valence-electron chi connectivity index (χ2n) is 30.2. The molecule has 0 saturated heterocycles. The fourth-order valence-electron chi connectivity index (χ4n) is 12.3. The van der Waals surface area contributed by atoms with Gasteiger partial charge in [-0.3, -0.25) is 37.3 Å². The molecule has 0 spiro atoms. The Morgan fingerprint density at radius 3 is 0.687 bits per heavy atom. The van der Waals surface area contributed by atoms with Gasteiger partial charge >= 0.3 is 39.5 Å². The average molecular weight is 1450 g/mol. The van der Waals surface area contributed by atoms with Crippen LogP contribution >= 0.6 is 15.6 Å². The van der Waals surface area contributed by atoms with Crippen molar-refractivity contribution in [3.63, 3.8) is 0 Å². The smallest absolute Gasteiger partial charge is 0.462 e. The Labute approximate surface area is 607 Å². The third kappa shape index (κ3) is 74.1. The minimum Gasteiger partial charge on any atom is -0.462 e. The van der Waals surface area contributed by atoms with E-state index in [0.29, 0.717) is 25.7 Å². The summed E-state index contributed by atoms with van der Waals surface area (Å²) in [6.07, 6.45) is 58.2. The molecule has 99 heavy (non-hydrogen) atoms. The molecule has 19 heteroatoms. The summed E-state index contributed by atoms with van der Waals surface area (Å²) in [4.78, 5) is 73.0. The first-order chi connectivity index (χ1) is 47.7. The number of carbonyl (C=O) groups is 4. The Morgan fingerprint density at radius 1 is 0.273 bits per heavy atom. The van der Waals surface area contributed by atoms with Crippen molar-refractivity contribution in [3.8, 4) is 0 Å². The lowest BCUT2D eigenvalue weighted by Gasteiger charge is -2.21. The van der Waals surface area contributed by atoms with Gasteiger partial charge in [0, 0.05) is 25.7 Å². The van der Waals surface area contributed by atoms with E-state index in [0.717, 1.165) is 108 Å². The van der Waals surface area contributed by atoms with Crippen LogP contribution in [0.1, 0.15) is 414 Å². The molecule has 0 aromatic rings. The SMILES string of the molecule is CCCCCCCCCCCCCCC(=O)O[C@H](COC(=O)CCCCCCCCCCC(C)C)COP(=O)(O)OC[C@H](O)COP(=O)(O)OC[C@@H](COC(=O)CCCCCCCCCCCCCCCCCC(C)C)OC(=O)CCCCCCCCCCCCCCCCCC(C)C. The average Bonchev–Trinajstić information content (AvgIpc) is 2.86. The molecule has 0 radical (unpaired) electrons. The first kappa shape index (κ1) is 97.1. The van der Waals surface area contributed by atoms with Crippen LogP contribution in [0.25, 0.3) is 0 Å². The summed E-state index contributed by atoms with van der Waals surface area (Å²) in [7, 11) is -9.92.